The van der Waals surface area contributed by atoms with Gasteiger partial charge in [-0.2, -0.15) is 0 Å². The van der Waals surface area contributed by atoms with E-state index < -0.39 is 0 Å². The Morgan fingerprint density at radius 3 is 1.30 bits per heavy atom. The van der Waals surface area contributed by atoms with Crippen molar-refractivity contribution in [3.8, 4) is 5.75 Å². The number of rotatable bonds is 6. The second-order valence-corrected chi connectivity index (χ2v) is 3.40. The first kappa shape index (κ1) is 45.8. The maximum Gasteiger partial charge on any atom is 0.126 e. The molecule has 1 rings (SSSR count). The van der Waals surface area contributed by atoms with Gasteiger partial charge in [-0.25, -0.2) is 0 Å². The number of aliphatic hydroxyl groups is 2. The maximum atomic E-state index is 7.62. The Morgan fingerprint density at radius 2 is 1.07 bits per heavy atom. The molecule has 4 heteroatoms. The number of aliphatic hydroxyl groups excluding tert-OH is 2. The van der Waals surface area contributed by atoms with Crippen LogP contribution in [0, 0.1) is 0 Å². The van der Waals surface area contributed by atoms with Crippen LogP contribution in [0.4, 0.5) is 0 Å². The lowest BCUT2D eigenvalue weighted by atomic mass is 10.2. The van der Waals surface area contributed by atoms with E-state index in [0.29, 0.717) is 6.61 Å². The summed E-state index contributed by atoms with van der Waals surface area (Å²) in [5.41, 5.74) is 1.05. The molecule has 0 aromatic heterocycles. The summed E-state index contributed by atoms with van der Waals surface area (Å²) in [5.74, 6) is 0.907. The van der Waals surface area contributed by atoms with Gasteiger partial charge in [0.15, 0.2) is 0 Å². The van der Waals surface area contributed by atoms with Gasteiger partial charge in [-0.1, -0.05) is 30.9 Å². The molecule has 0 aliphatic carbocycles. The summed E-state index contributed by atoms with van der Waals surface area (Å²) in [6.07, 6.45) is 1.80. The van der Waals surface area contributed by atoms with Crippen LogP contribution < -0.4 is 4.74 Å². The highest BCUT2D eigenvalue weighted by atomic mass is 16.5. The predicted molar refractivity (Wildman–Crippen MR) is 140 cm³/mol. The van der Waals surface area contributed by atoms with Gasteiger partial charge >= 0.3 is 0 Å². The minimum absolute atomic E-state index is 0.125. The molecule has 2 N–H and O–H groups in total. The fourth-order valence-electron chi connectivity index (χ4n) is 1.14. The van der Waals surface area contributed by atoms with Crippen LogP contribution in [0.5, 0.6) is 5.75 Å². The minimum Gasteiger partial charge on any atom is -0.493 e. The Balaban J connectivity index is -0.0000000475. The predicted octanol–water partition coefficient (Wildman–Crippen LogP) is 6.75. The lowest BCUT2D eigenvalue weighted by Gasteiger charge is -2.05. The largest absolute Gasteiger partial charge is 0.493 e. The van der Waals surface area contributed by atoms with Gasteiger partial charge < -0.3 is 19.7 Å². The molecule has 0 heterocycles. The molecule has 30 heavy (non-hydrogen) atoms. The third-order valence-electron chi connectivity index (χ3n) is 1.95. The normalized spacial score (nSPS) is 6.43. The SMILES string of the molecule is C=C.C=C.C=C.C=C.C=C.C=Cc1ccccc1OCC.CCOCC.OCCO. The van der Waals surface area contributed by atoms with E-state index in [0.717, 1.165) is 24.5 Å². The van der Waals surface area contributed by atoms with Crippen molar-refractivity contribution < 1.29 is 19.7 Å². The van der Waals surface area contributed by atoms with E-state index in [2.05, 4.69) is 72.4 Å². The summed E-state index contributed by atoms with van der Waals surface area (Å²) < 4.78 is 10.2. The number of hydrogen-bond acceptors (Lipinski definition) is 4. The first-order valence-electron chi connectivity index (χ1n) is 9.35. The van der Waals surface area contributed by atoms with E-state index in [-0.39, 0.29) is 13.2 Å². The van der Waals surface area contributed by atoms with Crippen LogP contribution in [-0.2, 0) is 4.74 Å². The Hall–Kier alpha value is -2.66. The highest BCUT2D eigenvalue weighted by molar-refractivity contribution is 5.55. The van der Waals surface area contributed by atoms with E-state index in [4.69, 9.17) is 19.7 Å². The molecule has 0 saturated carbocycles. The van der Waals surface area contributed by atoms with Crippen LogP contribution in [0.3, 0.4) is 0 Å². The van der Waals surface area contributed by atoms with Crippen LogP contribution in [0.2, 0.25) is 0 Å². The fraction of sp³-hybridized carbons (Fsp3) is 0.308. The van der Waals surface area contributed by atoms with E-state index in [1.54, 1.807) is 6.08 Å². The zero-order chi connectivity index (χ0) is 25.6. The third-order valence-corrected chi connectivity index (χ3v) is 1.95. The van der Waals surface area contributed by atoms with Crippen LogP contribution in [0.15, 0.2) is 96.6 Å². The monoisotopic (exact) mass is 424 g/mol. The summed E-state index contributed by atoms with van der Waals surface area (Å²) in [4.78, 5) is 0. The zero-order valence-corrected chi connectivity index (χ0v) is 19.9. The van der Waals surface area contributed by atoms with Gasteiger partial charge in [0.1, 0.15) is 5.75 Å². The van der Waals surface area contributed by atoms with Crippen molar-refractivity contribution in [3.63, 3.8) is 0 Å². The molecule has 0 spiro atoms. The fourth-order valence-corrected chi connectivity index (χ4v) is 1.14. The summed E-state index contributed by atoms with van der Waals surface area (Å²) in [6, 6.07) is 7.86. The van der Waals surface area contributed by atoms with Gasteiger partial charge in [0.2, 0.25) is 0 Å². The molecular weight excluding hydrogens is 376 g/mol. The van der Waals surface area contributed by atoms with Crippen LogP contribution in [0.25, 0.3) is 6.08 Å². The van der Waals surface area contributed by atoms with Gasteiger partial charge in [-0.05, 0) is 26.8 Å². The van der Waals surface area contributed by atoms with E-state index in [1.165, 1.54) is 0 Å². The van der Waals surface area contributed by atoms with Crippen molar-refractivity contribution in [2.45, 2.75) is 20.8 Å². The number of para-hydroxylation sites is 1. The smallest absolute Gasteiger partial charge is 0.126 e. The zero-order valence-electron chi connectivity index (χ0n) is 19.9. The molecule has 0 atom stereocenters. The highest BCUT2D eigenvalue weighted by Gasteiger charge is 1.95. The number of hydrogen-bond donors (Lipinski definition) is 2. The first-order valence-corrected chi connectivity index (χ1v) is 9.35. The molecule has 0 radical (unpaired) electrons. The number of ether oxygens (including phenoxy) is 2. The molecule has 0 aliphatic heterocycles. The van der Waals surface area contributed by atoms with Gasteiger partial charge in [0.05, 0.1) is 19.8 Å². The summed E-state index contributed by atoms with van der Waals surface area (Å²) in [7, 11) is 0. The van der Waals surface area contributed by atoms with Crippen molar-refractivity contribution in [3.05, 3.63) is 102 Å². The number of benzene rings is 1. The molecule has 0 unspecified atom stereocenters. The second-order valence-electron chi connectivity index (χ2n) is 3.40. The Morgan fingerprint density at radius 1 is 0.700 bits per heavy atom. The molecule has 0 aliphatic rings. The quantitative estimate of drug-likeness (QED) is 0.496. The van der Waals surface area contributed by atoms with Crippen molar-refractivity contribution >= 4 is 6.08 Å². The average Bonchev–Trinajstić information content (AvgIpc) is 2.87. The highest BCUT2D eigenvalue weighted by Crippen LogP contribution is 2.18. The van der Waals surface area contributed by atoms with Gasteiger partial charge in [0, 0.05) is 18.8 Å². The third kappa shape index (κ3) is 56.2. The van der Waals surface area contributed by atoms with Crippen molar-refractivity contribution in [2.24, 2.45) is 0 Å². The molecule has 1 aromatic rings. The Labute approximate surface area is 187 Å². The molecule has 0 saturated heterocycles. The van der Waals surface area contributed by atoms with Crippen LogP contribution in [0.1, 0.15) is 26.3 Å². The molecule has 0 fully saturated rings. The minimum atomic E-state index is -0.125. The van der Waals surface area contributed by atoms with Crippen molar-refractivity contribution in [1.82, 2.24) is 0 Å². The Bertz CT molecular complexity index is 365. The van der Waals surface area contributed by atoms with Crippen LogP contribution in [-0.4, -0.2) is 43.2 Å². The topological polar surface area (TPSA) is 58.9 Å². The summed E-state index contributed by atoms with van der Waals surface area (Å²) >= 11 is 0. The van der Waals surface area contributed by atoms with Gasteiger partial charge in [-0.3, -0.25) is 0 Å². The van der Waals surface area contributed by atoms with Gasteiger partial charge in [0.25, 0.3) is 0 Å². The lowest BCUT2D eigenvalue weighted by molar-refractivity contribution is 0.162. The van der Waals surface area contributed by atoms with Crippen molar-refractivity contribution in [1.29, 1.82) is 0 Å². The van der Waals surface area contributed by atoms with E-state index >= 15 is 0 Å². The first-order chi connectivity index (χ1) is 14.7. The summed E-state index contributed by atoms with van der Waals surface area (Å²) in [6.45, 7) is 41.8. The standard InChI is InChI=1S/C10H12O.C4H10O.C2H6O2.5C2H4/c1-3-9-7-5-6-8-10(9)11-4-2;1-3-5-4-2;3-1-2-4;5*1-2/h3,5-8H,1,4H2,2H3;3-4H2,1-2H3;3-4H,1-2H2;5*1-2H2. The van der Waals surface area contributed by atoms with Crippen molar-refractivity contribution in [2.75, 3.05) is 33.0 Å². The van der Waals surface area contributed by atoms with Crippen LogP contribution >= 0.6 is 0 Å². The average molecular weight is 425 g/mol. The molecule has 176 valence electrons. The Kier molecular flexibility index (Phi) is 110. The van der Waals surface area contributed by atoms with Gasteiger partial charge in [-0.15, -0.1) is 65.8 Å². The lowest BCUT2D eigenvalue weighted by Crippen LogP contribution is -1.92. The van der Waals surface area contributed by atoms with E-state index in [1.807, 2.05) is 45.0 Å². The second kappa shape index (κ2) is 71.9. The van der Waals surface area contributed by atoms with E-state index in [9.17, 15) is 0 Å². The molecule has 0 bridgehead atoms. The molecular formula is C26H48O4. The molecule has 0 amide bonds. The molecule has 4 nitrogen and oxygen atoms in total. The summed E-state index contributed by atoms with van der Waals surface area (Å²) in [5, 5.41) is 15.2. The maximum absolute atomic E-state index is 7.62. The molecule has 1 aromatic carbocycles.